The second-order valence-corrected chi connectivity index (χ2v) is 2.11. The van der Waals surface area contributed by atoms with Gasteiger partial charge in [-0.15, -0.1) is 0 Å². The molecule has 0 amide bonds. The highest BCUT2D eigenvalue weighted by Crippen LogP contribution is 2.14. The van der Waals surface area contributed by atoms with Crippen molar-refractivity contribution >= 4 is 18.7 Å². The number of hydrogen-bond acceptors (Lipinski definition) is 5. The molecule has 0 spiro atoms. The second kappa shape index (κ2) is 2.81. The van der Waals surface area contributed by atoms with E-state index in [2.05, 4.69) is 9.64 Å². The van der Waals surface area contributed by atoms with E-state index in [4.69, 9.17) is 10.0 Å². The van der Waals surface area contributed by atoms with E-state index in [1.807, 2.05) is 0 Å². The lowest BCUT2D eigenvalue weighted by atomic mass is 10.3. The Bertz CT molecular complexity index is 166. The van der Waals surface area contributed by atoms with Gasteiger partial charge in [0.05, 0.1) is 11.7 Å². The molecule has 0 aliphatic heterocycles. The number of aromatic nitrogens is 1. The maximum absolute atomic E-state index is 8.24. The predicted molar refractivity (Wildman–Crippen MR) is 32.9 cm³/mol. The van der Waals surface area contributed by atoms with Crippen molar-refractivity contribution in [3.8, 4) is 5.06 Å². The fraction of sp³-hybridized carbons (Fsp3) is 0. The van der Waals surface area contributed by atoms with Gasteiger partial charge in [0.2, 0.25) is 0 Å². The Morgan fingerprint density at radius 2 is 2.44 bits per heavy atom. The Kier molecular flexibility index (Phi) is 2.04. The fourth-order valence-corrected chi connectivity index (χ4v) is 0.855. The summed E-state index contributed by atoms with van der Waals surface area (Å²) < 4.78 is 4.42. The van der Waals surface area contributed by atoms with Crippen molar-refractivity contribution in [2.45, 2.75) is 0 Å². The SMILES string of the molecule is OB(O)Oc1cncs1. The molecule has 0 atom stereocenters. The summed E-state index contributed by atoms with van der Waals surface area (Å²) >= 11 is 1.20. The topological polar surface area (TPSA) is 62.6 Å². The summed E-state index contributed by atoms with van der Waals surface area (Å²) in [4.78, 5) is 3.65. The smallest absolute Gasteiger partial charge is 0.503 e. The van der Waals surface area contributed by atoms with Crippen LogP contribution in [0.15, 0.2) is 11.7 Å². The van der Waals surface area contributed by atoms with Crippen LogP contribution in [0.5, 0.6) is 5.06 Å². The average Bonchev–Trinajstić information content (AvgIpc) is 2.15. The largest absolute Gasteiger partial charge is 0.708 e. The van der Waals surface area contributed by atoms with Crippen molar-refractivity contribution < 1.29 is 14.7 Å². The average molecular weight is 145 g/mol. The molecule has 9 heavy (non-hydrogen) atoms. The molecule has 0 bridgehead atoms. The van der Waals surface area contributed by atoms with Gasteiger partial charge in [0.25, 0.3) is 0 Å². The normalized spacial score (nSPS) is 9.11. The van der Waals surface area contributed by atoms with Crippen molar-refractivity contribution in [2.75, 3.05) is 0 Å². The third-order valence-electron chi connectivity index (χ3n) is 0.631. The molecule has 1 aromatic heterocycles. The molecule has 0 aliphatic rings. The molecule has 0 saturated heterocycles. The van der Waals surface area contributed by atoms with Gasteiger partial charge in [-0.1, -0.05) is 11.3 Å². The van der Waals surface area contributed by atoms with Crippen molar-refractivity contribution in [3.63, 3.8) is 0 Å². The van der Waals surface area contributed by atoms with E-state index in [0.29, 0.717) is 5.06 Å². The van der Waals surface area contributed by atoms with E-state index >= 15 is 0 Å². The van der Waals surface area contributed by atoms with E-state index < -0.39 is 7.32 Å². The quantitative estimate of drug-likeness (QED) is 0.550. The summed E-state index contributed by atoms with van der Waals surface area (Å²) in [5.41, 5.74) is 1.54. The number of thiazole rings is 1. The molecule has 1 rings (SSSR count). The van der Waals surface area contributed by atoms with Crippen LogP contribution in [0.3, 0.4) is 0 Å². The first-order valence-electron chi connectivity index (χ1n) is 2.20. The molecule has 0 aliphatic carbocycles. The van der Waals surface area contributed by atoms with E-state index in [1.54, 1.807) is 0 Å². The lowest BCUT2D eigenvalue weighted by Crippen LogP contribution is -2.19. The van der Waals surface area contributed by atoms with Crippen LogP contribution in [0.25, 0.3) is 0 Å². The van der Waals surface area contributed by atoms with Crippen molar-refractivity contribution in [1.82, 2.24) is 4.98 Å². The third-order valence-corrected chi connectivity index (χ3v) is 1.29. The first-order valence-corrected chi connectivity index (χ1v) is 3.08. The molecule has 4 nitrogen and oxygen atoms in total. The van der Waals surface area contributed by atoms with Crippen LogP contribution in [0.1, 0.15) is 0 Å². The molecular formula is C3H4BNO3S. The van der Waals surface area contributed by atoms with Gasteiger partial charge in [-0.2, -0.15) is 0 Å². The van der Waals surface area contributed by atoms with E-state index in [1.165, 1.54) is 23.0 Å². The Morgan fingerprint density at radius 3 is 2.89 bits per heavy atom. The van der Waals surface area contributed by atoms with Gasteiger partial charge < -0.3 is 14.7 Å². The minimum Gasteiger partial charge on any atom is -0.503 e. The second-order valence-electron chi connectivity index (χ2n) is 1.26. The number of rotatable bonds is 2. The van der Waals surface area contributed by atoms with Crippen molar-refractivity contribution in [1.29, 1.82) is 0 Å². The Balaban J connectivity index is 2.48. The highest BCUT2D eigenvalue weighted by Gasteiger charge is 2.11. The van der Waals surface area contributed by atoms with E-state index in [9.17, 15) is 0 Å². The van der Waals surface area contributed by atoms with Gasteiger partial charge in [-0.3, -0.25) is 0 Å². The van der Waals surface area contributed by atoms with E-state index in [-0.39, 0.29) is 0 Å². The molecule has 0 radical (unpaired) electrons. The molecule has 0 aromatic carbocycles. The molecular weight excluding hydrogens is 141 g/mol. The molecule has 1 heterocycles. The van der Waals surface area contributed by atoms with Crippen molar-refractivity contribution in [3.05, 3.63) is 11.7 Å². The van der Waals surface area contributed by atoms with Gasteiger partial charge in [0, 0.05) is 0 Å². The molecule has 48 valence electrons. The minimum absolute atomic E-state index is 0.394. The lowest BCUT2D eigenvalue weighted by Gasteiger charge is -1.96. The molecule has 2 N–H and O–H groups in total. The van der Waals surface area contributed by atoms with Crippen LogP contribution in [-0.4, -0.2) is 22.4 Å². The predicted octanol–water partition coefficient (Wildman–Crippen LogP) is -0.509. The Labute approximate surface area is 55.9 Å². The molecule has 1 aromatic rings. The van der Waals surface area contributed by atoms with E-state index in [0.717, 1.165) is 0 Å². The standard InChI is InChI=1S/C3H4BNO3S/c6-4(7)8-3-1-5-2-9-3/h1-2,6-7H. The maximum atomic E-state index is 8.24. The summed E-state index contributed by atoms with van der Waals surface area (Å²) in [6.45, 7) is 0. The zero-order chi connectivity index (χ0) is 6.69. The first-order chi connectivity index (χ1) is 4.29. The highest BCUT2D eigenvalue weighted by molar-refractivity contribution is 7.11. The number of nitrogens with zero attached hydrogens (tertiary/aromatic N) is 1. The van der Waals surface area contributed by atoms with Gasteiger partial charge >= 0.3 is 7.32 Å². The van der Waals surface area contributed by atoms with Crippen LogP contribution < -0.4 is 4.65 Å². The minimum atomic E-state index is -1.74. The van der Waals surface area contributed by atoms with Crippen LogP contribution >= 0.6 is 11.3 Å². The van der Waals surface area contributed by atoms with Crippen LogP contribution in [0.4, 0.5) is 0 Å². The molecule has 0 fully saturated rings. The summed E-state index contributed by atoms with van der Waals surface area (Å²) in [7, 11) is -1.74. The summed E-state index contributed by atoms with van der Waals surface area (Å²) in [5, 5.41) is 16.9. The zero-order valence-electron chi connectivity index (χ0n) is 4.39. The Morgan fingerprint density at radius 1 is 1.67 bits per heavy atom. The summed E-state index contributed by atoms with van der Waals surface area (Å²) in [5.74, 6) is 0. The zero-order valence-corrected chi connectivity index (χ0v) is 5.21. The summed E-state index contributed by atoms with van der Waals surface area (Å²) in [6.07, 6.45) is 1.41. The first kappa shape index (κ1) is 6.53. The van der Waals surface area contributed by atoms with Crippen LogP contribution in [-0.2, 0) is 0 Å². The van der Waals surface area contributed by atoms with Gasteiger partial charge in [-0.25, -0.2) is 4.98 Å². The Hall–Kier alpha value is -0.585. The highest BCUT2D eigenvalue weighted by atomic mass is 32.1. The van der Waals surface area contributed by atoms with Gasteiger partial charge in [0.1, 0.15) is 0 Å². The molecule has 0 saturated carbocycles. The fourth-order valence-electron chi connectivity index (χ4n) is 0.366. The number of hydrogen-bond donors (Lipinski definition) is 2. The summed E-state index contributed by atoms with van der Waals surface area (Å²) in [6, 6.07) is 0. The lowest BCUT2D eigenvalue weighted by molar-refractivity contribution is 0.291. The van der Waals surface area contributed by atoms with Gasteiger partial charge in [-0.05, 0) is 0 Å². The third kappa shape index (κ3) is 2.00. The molecule has 0 unspecified atom stereocenters. The monoisotopic (exact) mass is 145 g/mol. The van der Waals surface area contributed by atoms with Crippen LogP contribution in [0, 0.1) is 0 Å². The van der Waals surface area contributed by atoms with Crippen molar-refractivity contribution in [2.24, 2.45) is 0 Å². The van der Waals surface area contributed by atoms with Gasteiger partial charge in [0.15, 0.2) is 5.06 Å². The van der Waals surface area contributed by atoms with Crippen LogP contribution in [0.2, 0.25) is 0 Å². The maximum Gasteiger partial charge on any atom is 0.708 e. The molecule has 6 heteroatoms.